The van der Waals surface area contributed by atoms with Gasteiger partial charge in [-0.25, -0.2) is 0 Å². The first kappa shape index (κ1) is 20.7. The largest absolute Gasteiger partial charge is 0.494 e. The molecule has 1 aromatic carbocycles. The maximum absolute atomic E-state index is 13.4. The molecule has 0 N–H and O–H groups in total. The van der Waals surface area contributed by atoms with Gasteiger partial charge in [-0.2, -0.15) is 5.26 Å². The number of nitrogens with zero attached hydrogens (tertiary/aromatic N) is 3. The lowest BCUT2D eigenvalue weighted by atomic mass is 10.1. The summed E-state index contributed by atoms with van der Waals surface area (Å²) >= 11 is 1.71. The predicted octanol–water partition coefficient (Wildman–Crippen LogP) is 5.17. The van der Waals surface area contributed by atoms with Gasteiger partial charge in [0.1, 0.15) is 5.75 Å². The molecule has 6 heteroatoms. The Kier molecular flexibility index (Phi) is 6.73. The van der Waals surface area contributed by atoms with Crippen molar-refractivity contribution in [2.45, 2.75) is 33.7 Å². The molecule has 0 aliphatic heterocycles. The van der Waals surface area contributed by atoms with E-state index in [9.17, 15) is 4.79 Å². The van der Waals surface area contributed by atoms with Gasteiger partial charge in [-0.1, -0.05) is 6.07 Å². The second-order valence-electron chi connectivity index (χ2n) is 6.74. The topological polar surface area (TPSA) is 58.3 Å². The molecular formula is C23H25N3O2S. The van der Waals surface area contributed by atoms with E-state index in [4.69, 9.17) is 10.00 Å². The molecule has 0 saturated heterocycles. The Bertz CT molecular complexity index is 998. The van der Waals surface area contributed by atoms with Crippen LogP contribution >= 0.6 is 11.3 Å². The third-order valence-corrected chi connectivity index (χ3v) is 5.71. The lowest BCUT2D eigenvalue weighted by molar-refractivity contribution is 0.0986. The average Bonchev–Trinajstić information content (AvgIpc) is 3.33. The second kappa shape index (κ2) is 9.44. The number of aromatic nitrogens is 1. The van der Waals surface area contributed by atoms with Crippen molar-refractivity contribution in [2.75, 3.05) is 18.1 Å². The lowest BCUT2D eigenvalue weighted by Crippen LogP contribution is -2.32. The van der Waals surface area contributed by atoms with Gasteiger partial charge in [-0.05, 0) is 62.5 Å². The van der Waals surface area contributed by atoms with Crippen molar-refractivity contribution in [2.24, 2.45) is 0 Å². The fourth-order valence-electron chi connectivity index (χ4n) is 3.36. The van der Waals surface area contributed by atoms with Crippen molar-refractivity contribution in [1.29, 1.82) is 5.26 Å². The smallest absolute Gasteiger partial charge is 0.260 e. The van der Waals surface area contributed by atoms with Crippen LogP contribution in [-0.4, -0.2) is 23.6 Å². The SMILES string of the molecule is CCOc1ccc(N(CCC#N)C(=O)c2cc(C)n(Cc3cccs3)c2C)cc1. The van der Waals surface area contributed by atoms with E-state index in [0.717, 1.165) is 29.4 Å². The summed E-state index contributed by atoms with van der Waals surface area (Å²) in [5.74, 6) is 0.674. The van der Waals surface area contributed by atoms with E-state index >= 15 is 0 Å². The van der Waals surface area contributed by atoms with E-state index in [2.05, 4.69) is 22.1 Å². The van der Waals surface area contributed by atoms with Crippen LogP contribution in [0, 0.1) is 25.2 Å². The van der Waals surface area contributed by atoms with E-state index in [1.165, 1.54) is 4.88 Å². The van der Waals surface area contributed by atoms with Crippen molar-refractivity contribution in [1.82, 2.24) is 4.57 Å². The zero-order valence-electron chi connectivity index (χ0n) is 17.0. The summed E-state index contributed by atoms with van der Waals surface area (Å²) in [6.07, 6.45) is 0.271. The van der Waals surface area contributed by atoms with Gasteiger partial charge >= 0.3 is 0 Å². The Balaban J connectivity index is 1.90. The molecule has 0 unspecified atom stereocenters. The summed E-state index contributed by atoms with van der Waals surface area (Å²) in [6, 6.07) is 15.7. The number of anilines is 1. The Labute approximate surface area is 175 Å². The minimum Gasteiger partial charge on any atom is -0.494 e. The first-order chi connectivity index (χ1) is 14.0. The quantitative estimate of drug-likeness (QED) is 0.517. The molecule has 0 atom stereocenters. The maximum atomic E-state index is 13.4. The minimum atomic E-state index is -0.0880. The molecule has 0 aliphatic carbocycles. The number of hydrogen-bond acceptors (Lipinski definition) is 4. The molecule has 2 heterocycles. The highest BCUT2D eigenvalue weighted by molar-refractivity contribution is 7.09. The number of ether oxygens (including phenoxy) is 1. The summed E-state index contributed by atoms with van der Waals surface area (Å²) in [6.45, 7) is 7.62. The molecule has 0 radical (unpaired) electrons. The number of hydrogen-bond donors (Lipinski definition) is 0. The Morgan fingerprint density at radius 1 is 1.24 bits per heavy atom. The number of carbonyl (C=O) groups is 1. The van der Waals surface area contributed by atoms with Crippen molar-refractivity contribution in [3.8, 4) is 11.8 Å². The summed E-state index contributed by atoms with van der Waals surface area (Å²) < 4.78 is 7.66. The second-order valence-corrected chi connectivity index (χ2v) is 7.77. The number of thiophene rings is 1. The maximum Gasteiger partial charge on any atom is 0.260 e. The van der Waals surface area contributed by atoms with Gasteiger partial charge in [0.2, 0.25) is 0 Å². The molecule has 3 rings (SSSR count). The van der Waals surface area contributed by atoms with Crippen LogP contribution in [0.2, 0.25) is 0 Å². The van der Waals surface area contributed by atoms with E-state index < -0.39 is 0 Å². The molecule has 1 amide bonds. The monoisotopic (exact) mass is 407 g/mol. The number of benzene rings is 1. The third kappa shape index (κ3) is 4.69. The summed E-state index contributed by atoms with van der Waals surface area (Å²) in [7, 11) is 0. The van der Waals surface area contributed by atoms with Gasteiger partial charge < -0.3 is 14.2 Å². The molecule has 2 aromatic heterocycles. The van der Waals surface area contributed by atoms with Gasteiger partial charge in [0, 0.05) is 28.5 Å². The molecule has 0 aliphatic rings. The highest BCUT2D eigenvalue weighted by Crippen LogP contribution is 2.25. The Hall–Kier alpha value is -3.04. The van der Waals surface area contributed by atoms with Crippen LogP contribution in [0.1, 0.15) is 40.0 Å². The number of rotatable bonds is 8. The van der Waals surface area contributed by atoms with Crippen molar-refractivity contribution < 1.29 is 9.53 Å². The minimum absolute atomic E-state index is 0.0880. The van der Waals surface area contributed by atoms with Crippen molar-refractivity contribution >= 4 is 22.9 Å². The zero-order chi connectivity index (χ0) is 20.8. The molecule has 0 spiro atoms. The molecular weight excluding hydrogens is 382 g/mol. The Morgan fingerprint density at radius 3 is 2.62 bits per heavy atom. The van der Waals surface area contributed by atoms with Gasteiger partial charge in [0.15, 0.2) is 0 Å². The fourth-order valence-corrected chi connectivity index (χ4v) is 4.06. The molecule has 0 saturated carbocycles. The summed E-state index contributed by atoms with van der Waals surface area (Å²) in [4.78, 5) is 16.4. The van der Waals surface area contributed by atoms with E-state index in [1.807, 2.05) is 57.2 Å². The number of nitriles is 1. The van der Waals surface area contributed by atoms with Crippen LogP contribution < -0.4 is 9.64 Å². The third-order valence-electron chi connectivity index (χ3n) is 4.85. The van der Waals surface area contributed by atoms with Crippen molar-refractivity contribution in [3.63, 3.8) is 0 Å². The first-order valence-electron chi connectivity index (χ1n) is 9.66. The average molecular weight is 408 g/mol. The molecule has 5 nitrogen and oxygen atoms in total. The normalized spacial score (nSPS) is 10.6. The Morgan fingerprint density at radius 2 is 2.00 bits per heavy atom. The van der Waals surface area contributed by atoms with E-state index in [1.54, 1.807) is 16.2 Å². The highest BCUT2D eigenvalue weighted by Gasteiger charge is 2.23. The molecule has 0 bridgehead atoms. The fraction of sp³-hybridized carbons (Fsp3) is 0.304. The van der Waals surface area contributed by atoms with Crippen molar-refractivity contribution in [3.05, 3.63) is 69.7 Å². The van der Waals surface area contributed by atoms with Crippen LogP contribution in [0.15, 0.2) is 47.8 Å². The van der Waals surface area contributed by atoms with Crippen LogP contribution in [0.25, 0.3) is 0 Å². The van der Waals surface area contributed by atoms with Gasteiger partial charge in [-0.15, -0.1) is 11.3 Å². The molecule has 0 fully saturated rings. The van der Waals surface area contributed by atoms with E-state index in [0.29, 0.717) is 18.7 Å². The molecule has 150 valence electrons. The lowest BCUT2D eigenvalue weighted by Gasteiger charge is -2.22. The number of aryl methyl sites for hydroxylation is 1. The van der Waals surface area contributed by atoms with Crippen LogP contribution in [0.4, 0.5) is 5.69 Å². The number of carbonyl (C=O) groups excluding carboxylic acids is 1. The van der Waals surface area contributed by atoms with Gasteiger partial charge in [-0.3, -0.25) is 4.79 Å². The highest BCUT2D eigenvalue weighted by atomic mass is 32.1. The summed E-state index contributed by atoms with van der Waals surface area (Å²) in [5.41, 5.74) is 3.42. The standard InChI is InChI=1S/C23H25N3O2S/c1-4-28-20-10-8-19(9-11-20)25(13-6-12-24)23(27)22-15-17(2)26(18(22)3)16-21-7-5-14-29-21/h5,7-11,14-15H,4,6,13,16H2,1-3H3. The van der Waals surface area contributed by atoms with Crippen LogP contribution in [-0.2, 0) is 6.54 Å². The number of amides is 1. The van der Waals surface area contributed by atoms with Crippen LogP contribution in [0.5, 0.6) is 5.75 Å². The zero-order valence-corrected chi connectivity index (χ0v) is 17.8. The van der Waals surface area contributed by atoms with Gasteiger partial charge in [0.05, 0.1) is 31.2 Å². The summed E-state index contributed by atoms with van der Waals surface area (Å²) in [5, 5.41) is 11.1. The molecule has 29 heavy (non-hydrogen) atoms. The van der Waals surface area contributed by atoms with Crippen LogP contribution in [0.3, 0.4) is 0 Å². The van der Waals surface area contributed by atoms with Gasteiger partial charge in [0.25, 0.3) is 5.91 Å². The first-order valence-corrected chi connectivity index (χ1v) is 10.5. The predicted molar refractivity (Wildman–Crippen MR) is 117 cm³/mol. The van der Waals surface area contributed by atoms with E-state index in [-0.39, 0.29) is 12.3 Å². The molecule has 3 aromatic rings.